The predicted octanol–water partition coefficient (Wildman–Crippen LogP) is 5.10. The summed E-state index contributed by atoms with van der Waals surface area (Å²) in [4.78, 5) is 2.20. The summed E-state index contributed by atoms with van der Waals surface area (Å²) in [6.45, 7) is 0.998. The van der Waals surface area contributed by atoms with Crippen LogP contribution in [-0.4, -0.2) is 30.6 Å². The van der Waals surface area contributed by atoms with Gasteiger partial charge in [0, 0.05) is 10.4 Å². The molecule has 1 N–H and O–H groups in total. The van der Waals surface area contributed by atoms with Gasteiger partial charge >= 0.3 is 0 Å². The first kappa shape index (κ1) is 18.6. The van der Waals surface area contributed by atoms with E-state index in [0.29, 0.717) is 0 Å². The maximum atomic E-state index is 12.0. The van der Waals surface area contributed by atoms with Crippen molar-refractivity contribution < 1.29 is 5.11 Å². The van der Waals surface area contributed by atoms with Gasteiger partial charge in [-0.15, -0.1) is 0 Å². The van der Waals surface area contributed by atoms with E-state index in [1.165, 1.54) is 11.1 Å². The molecule has 0 radical (unpaired) electrons. The molecule has 0 amide bonds. The smallest absolute Gasteiger partial charge is 0.0967 e. The van der Waals surface area contributed by atoms with Crippen LogP contribution in [0.15, 0.2) is 53.0 Å². The van der Waals surface area contributed by atoms with Crippen molar-refractivity contribution in [1.29, 1.82) is 0 Å². The number of benzene rings is 2. The first-order chi connectivity index (χ1) is 12.0. The fourth-order valence-electron chi connectivity index (χ4n) is 4.19. The molecule has 1 aliphatic carbocycles. The third-order valence-corrected chi connectivity index (χ3v) is 5.96. The van der Waals surface area contributed by atoms with Gasteiger partial charge in [0.2, 0.25) is 0 Å². The second kappa shape index (κ2) is 8.03. The van der Waals surface area contributed by atoms with Crippen molar-refractivity contribution in [2.24, 2.45) is 0 Å². The molecule has 2 aromatic rings. The van der Waals surface area contributed by atoms with Crippen molar-refractivity contribution in [3.8, 4) is 0 Å². The van der Waals surface area contributed by atoms with Gasteiger partial charge in [-0.2, -0.15) is 0 Å². The highest BCUT2D eigenvalue weighted by Gasteiger charge is 2.41. The van der Waals surface area contributed by atoms with Crippen LogP contribution in [0.5, 0.6) is 0 Å². The Morgan fingerprint density at radius 2 is 1.84 bits per heavy atom. The van der Waals surface area contributed by atoms with Gasteiger partial charge in [0.15, 0.2) is 0 Å². The number of halogens is 1. The Kier molecular flexibility index (Phi) is 5.98. The van der Waals surface area contributed by atoms with Gasteiger partial charge in [-0.25, -0.2) is 0 Å². The van der Waals surface area contributed by atoms with Crippen LogP contribution >= 0.6 is 15.9 Å². The first-order valence-electron chi connectivity index (χ1n) is 9.21. The molecule has 0 aliphatic heterocycles. The summed E-state index contributed by atoms with van der Waals surface area (Å²) in [5, 5.41) is 12.0. The maximum absolute atomic E-state index is 12.0. The molecule has 0 spiro atoms. The molecule has 0 heterocycles. The van der Waals surface area contributed by atoms with E-state index in [1.807, 2.05) is 0 Å². The molecule has 2 aromatic carbocycles. The van der Waals surface area contributed by atoms with Crippen molar-refractivity contribution in [1.82, 2.24) is 4.90 Å². The molecule has 2 atom stereocenters. The van der Waals surface area contributed by atoms with Crippen LogP contribution in [0.25, 0.3) is 0 Å². The lowest BCUT2D eigenvalue weighted by Crippen LogP contribution is -2.34. The Hall–Kier alpha value is -1.16. The highest BCUT2D eigenvalue weighted by atomic mass is 79.9. The SMILES string of the molecule is CN(C)CCC[C@@]1(O)c2ccccc2CCC[C@@H]1c1ccc(Br)cc1. The summed E-state index contributed by atoms with van der Waals surface area (Å²) in [6.07, 6.45) is 4.98. The Morgan fingerprint density at radius 1 is 1.12 bits per heavy atom. The Balaban J connectivity index is 2.00. The topological polar surface area (TPSA) is 23.5 Å². The van der Waals surface area contributed by atoms with Crippen LogP contribution in [-0.2, 0) is 12.0 Å². The van der Waals surface area contributed by atoms with Gasteiger partial charge in [-0.3, -0.25) is 0 Å². The third kappa shape index (κ3) is 4.16. The van der Waals surface area contributed by atoms with Gasteiger partial charge < -0.3 is 10.0 Å². The minimum atomic E-state index is -0.795. The summed E-state index contributed by atoms with van der Waals surface area (Å²) < 4.78 is 1.08. The van der Waals surface area contributed by atoms with E-state index in [0.717, 1.165) is 48.7 Å². The van der Waals surface area contributed by atoms with Crippen LogP contribution < -0.4 is 0 Å². The van der Waals surface area contributed by atoms with Gasteiger partial charge in [0.05, 0.1) is 5.60 Å². The average Bonchev–Trinajstić information content (AvgIpc) is 2.73. The standard InChI is InChI=1S/C22H28BrNO/c1-24(2)16-6-15-22(25)20-9-4-3-7-17(20)8-5-10-21(22)18-11-13-19(23)14-12-18/h3-4,7,9,11-14,21,25H,5-6,8,10,15-16H2,1-2H3/t21-,22-/m1/s1. The third-order valence-electron chi connectivity index (χ3n) is 5.43. The van der Waals surface area contributed by atoms with Gasteiger partial charge in [0.25, 0.3) is 0 Å². The highest BCUT2D eigenvalue weighted by molar-refractivity contribution is 9.10. The maximum Gasteiger partial charge on any atom is 0.0967 e. The molecule has 0 aromatic heterocycles. The van der Waals surface area contributed by atoms with Crippen LogP contribution in [0.1, 0.15) is 48.3 Å². The highest BCUT2D eigenvalue weighted by Crippen LogP contribution is 2.47. The zero-order valence-electron chi connectivity index (χ0n) is 15.2. The number of aliphatic hydroxyl groups is 1. The van der Waals surface area contributed by atoms with E-state index in [-0.39, 0.29) is 5.92 Å². The molecule has 25 heavy (non-hydrogen) atoms. The summed E-state index contributed by atoms with van der Waals surface area (Å²) in [6, 6.07) is 17.0. The summed E-state index contributed by atoms with van der Waals surface area (Å²) in [7, 11) is 4.19. The van der Waals surface area contributed by atoms with Crippen LogP contribution in [0.3, 0.4) is 0 Å². The predicted molar refractivity (Wildman–Crippen MR) is 108 cm³/mol. The Labute approximate surface area is 160 Å². The van der Waals surface area contributed by atoms with E-state index < -0.39 is 5.60 Å². The zero-order chi connectivity index (χ0) is 17.9. The second-order valence-corrected chi connectivity index (χ2v) is 8.40. The largest absolute Gasteiger partial charge is 0.385 e. The van der Waals surface area contributed by atoms with Gasteiger partial charge in [0.1, 0.15) is 0 Å². The molecular weight excluding hydrogens is 374 g/mol. The van der Waals surface area contributed by atoms with E-state index >= 15 is 0 Å². The van der Waals surface area contributed by atoms with Crippen molar-refractivity contribution >= 4 is 15.9 Å². The average molecular weight is 402 g/mol. The molecule has 3 heteroatoms. The van der Waals surface area contributed by atoms with Crippen LogP contribution in [0.4, 0.5) is 0 Å². The molecule has 134 valence electrons. The number of hydrogen-bond acceptors (Lipinski definition) is 2. The fourth-order valence-corrected chi connectivity index (χ4v) is 4.46. The molecular formula is C22H28BrNO. The van der Waals surface area contributed by atoms with Gasteiger partial charge in [-0.05, 0) is 81.6 Å². The minimum Gasteiger partial charge on any atom is -0.385 e. The number of rotatable bonds is 5. The molecule has 1 aliphatic rings. The zero-order valence-corrected chi connectivity index (χ0v) is 16.8. The second-order valence-electron chi connectivity index (χ2n) is 7.48. The molecule has 0 fully saturated rings. The van der Waals surface area contributed by atoms with Crippen molar-refractivity contribution in [3.63, 3.8) is 0 Å². The van der Waals surface area contributed by atoms with Crippen molar-refractivity contribution in [2.45, 2.75) is 43.6 Å². The summed E-state index contributed by atoms with van der Waals surface area (Å²) in [5.41, 5.74) is 2.90. The van der Waals surface area contributed by atoms with E-state index in [1.54, 1.807) is 0 Å². The minimum absolute atomic E-state index is 0.145. The molecule has 2 nitrogen and oxygen atoms in total. The Morgan fingerprint density at radius 3 is 2.56 bits per heavy atom. The number of nitrogens with zero attached hydrogens (tertiary/aromatic N) is 1. The molecule has 0 unspecified atom stereocenters. The first-order valence-corrected chi connectivity index (χ1v) is 10.0. The number of hydrogen-bond donors (Lipinski definition) is 1. The number of aryl methyl sites for hydroxylation is 1. The normalized spacial score (nSPS) is 23.3. The van der Waals surface area contributed by atoms with E-state index in [9.17, 15) is 5.11 Å². The fraction of sp³-hybridized carbons (Fsp3) is 0.455. The quantitative estimate of drug-likeness (QED) is 0.704. The lowest BCUT2D eigenvalue weighted by molar-refractivity contribution is -0.00605. The molecule has 0 saturated carbocycles. The Bertz CT molecular complexity index is 697. The van der Waals surface area contributed by atoms with Gasteiger partial charge in [-0.1, -0.05) is 52.3 Å². The lowest BCUT2D eigenvalue weighted by atomic mass is 9.73. The van der Waals surface area contributed by atoms with Crippen LogP contribution in [0.2, 0.25) is 0 Å². The summed E-state index contributed by atoms with van der Waals surface area (Å²) in [5.74, 6) is 0.145. The van der Waals surface area contributed by atoms with E-state index in [2.05, 4.69) is 83.5 Å². The number of fused-ring (bicyclic) bond motifs is 1. The lowest BCUT2D eigenvalue weighted by Gasteiger charge is -2.37. The molecule has 0 bridgehead atoms. The summed E-state index contributed by atoms with van der Waals surface area (Å²) >= 11 is 3.53. The van der Waals surface area contributed by atoms with E-state index in [4.69, 9.17) is 0 Å². The van der Waals surface area contributed by atoms with Crippen molar-refractivity contribution in [2.75, 3.05) is 20.6 Å². The molecule has 0 saturated heterocycles. The molecule has 3 rings (SSSR count). The van der Waals surface area contributed by atoms with Crippen LogP contribution in [0, 0.1) is 0 Å². The van der Waals surface area contributed by atoms with Crippen molar-refractivity contribution in [3.05, 3.63) is 69.7 Å². The monoisotopic (exact) mass is 401 g/mol.